The lowest BCUT2D eigenvalue weighted by atomic mass is 9.68. The van der Waals surface area contributed by atoms with Gasteiger partial charge in [-0.1, -0.05) is 26.8 Å². The molecule has 0 spiro atoms. The molecule has 3 nitrogen and oxygen atoms in total. The molecule has 0 bridgehead atoms. The predicted molar refractivity (Wildman–Crippen MR) is 79.2 cm³/mol. The molecule has 1 heterocycles. The van der Waals surface area contributed by atoms with E-state index in [2.05, 4.69) is 37.2 Å². The number of nitrogens with zero attached hydrogens (tertiary/aromatic N) is 1. The lowest BCUT2D eigenvalue weighted by Crippen LogP contribution is -2.36. The quantitative estimate of drug-likeness (QED) is 0.647. The van der Waals surface area contributed by atoms with Gasteiger partial charge in [0.1, 0.15) is 0 Å². The number of nitrogens with one attached hydrogen (secondary N) is 1. The van der Waals surface area contributed by atoms with Gasteiger partial charge in [-0.2, -0.15) is 0 Å². The van der Waals surface area contributed by atoms with Crippen LogP contribution < -0.4 is 11.3 Å². The van der Waals surface area contributed by atoms with Gasteiger partial charge in [-0.15, -0.1) is 0 Å². The maximum Gasteiger partial charge on any atom is 0.0503 e. The minimum atomic E-state index is 0.245. The molecule has 1 aromatic heterocycles. The third-order valence-electron chi connectivity index (χ3n) is 4.69. The Morgan fingerprint density at radius 2 is 1.95 bits per heavy atom. The molecular formula is C16H27N3. The van der Waals surface area contributed by atoms with E-state index in [-0.39, 0.29) is 6.04 Å². The van der Waals surface area contributed by atoms with Crippen LogP contribution in [0.25, 0.3) is 0 Å². The van der Waals surface area contributed by atoms with Crippen LogP contribution in [0.3, 0.4) is 0 Å². The topological polar surface area (TPSA) is 50.9 Å². The number of hydrogen-bond acceptors (Lipinski definition) is 3. The summed E-state index contributed by atoms with van der Waals surface area (Å²) in [5.41, 5.74) is 4.65. The van der Waals surface area contributed by atoms with Gasteiger partial charge in [0.25, 0.3) is 0 Å². The van der Waals surface area contributed by atoms with Crippen LogP contribution >= 0.6 is 0 Å². The summed E-state index contributed by atoms with van der Waals surface area (Å²) in [4.78, 5) is 4.21. The molecule has 3 N–H and O–H groups in total. The third kappa shape index (κ3) is 3.54. The first kappa shape index (κ1) is 14.5. The van der Waals surface area contributed by atoms with Gasteiger partial charge in [0.15, 0.2) is 0 Å². The van der Waals surface area contributed by atoms with Crippen molar-refractivity contribution < 1.29 is 0 Å². The van der Waals surface area contributed by atoms with E-state index in [1.54, 1.807) is 0 Å². The number of aromatic nitrogens is 1. The average molecular weight is 261 g/mol. The van der Waals surface area contributed by atoms with E-state index in [4.69, 9.17) is 5.84 Å². The van der Waals surface area contributed by atoms with Crippen molar-refractivity contribution in [1.82, 2.24) is 10.4 Å². The second-order valence-corrected chi connectivity index (χ2v) is 6.91. The predicted octanol–water partition coefficient (Wildman–Crippen LogP) is 3.44. The molecule has 3 heteroatoms. The molecule has 0 aromatic carbocycles. The molecule has 0 amide bonds. The van der Waals surface area contributed by atoms with Crippen molar-refractivity contribution >= 4 is 0 Å². The fourth-order valence-electron chi connectivity index (χ4n) is 3.38. The van der Waals surface area contributed by atoms with Crippen LogP contribution in [0.15, 0.2) is 24.5 Å². The number of nitrogens with two attached hydrogens (primary N) is 1. The van der Waals surface area contributed by atoms with Crippen molar-refractivity contribution in [1.29, 1.82) is 0 Å². The molecule has 0 aliphatic heterocycles. The van der Waals surface area contributed by atoms with E-state index in [1.165, 1.54) is 31.2 Å². The highest BCUT2D eigenvalue weighted by Crippen LogP contribution is 2.43. The minimum Gasteiger partial charge on any atom is -0.271 e. The average Bonchev–Trinajstić information content (AvgIpc) is 2.40. The van der Waals surface area contributed by atoms with Crippen molar-refractivity contribution in [2.24, 2.45) is 23.1 Å². The maximum absolute atomic E-state index is 5.78. The lowest BCUT2D eigenvalue weighted by Gasteiger charge is -2.39. The highest BCUT2D eigenvalue weighted by atomic mass is 15.2. The number of pyridine rings is 1. The summed E-state index contributed by atoms with van der Waals surface area (Å²) in [6.45, 7) is 7.08. The van der Waals surface area contributed by atoms with Crippen LogP contribution in [0.1, 0.15) is 58.1 Å². The molecule has 2 rings (SSSR count). The molecule has 1 aliphatic rings. The van der Waals surface area contributed by atoms with Gasteiger partial charge < -0.3 is 0 Å². The fraction of sp³-hybridized carbons (Fsp3) is 0.688. The normalized spacial score (nSPS) is 26.1. The summed E-state index contributed by atoms with van der Waals surface area (Å²) in [6.07, 6.45) is 8.88. The fourth-order valence-corrected chi connectivity index (χ4v) is 3.38. The van der Waals surface area contributed by atoms with Gasteiger partial charge >= 0.3 is 0 Å². The second-order valence-electron chi connectivity index (χ2n) is 6.91. The number of hydrogen-bond donors (Lipinski definition) is 2. The molecule has 0 saturated heterocycles. The Balaban J connectivity index is 2.00. The molecule has 1 saturated carbocycles. The molecule has 1 aromatic rings. The molecule has 1 unspecified atom stereocenters. The smallest absolute Gasteiger partial charge is 0.0503 e. The van der Waals surface area contributed by atoms with Gasteiger partial charge in [-0.05, 0) is 54.6 Å². The summed E-state index contributed by atoms with van der Waals surface area (Å²) in [6, 6.07) is 4.35. The highest BCUT2D eigenvalue weighted by molar-refractivity contribution is 5.15. The Hall–Kier alpha value is -0.930. The third-order valence-corrected chi connectivity index (χ3v) is 4.69. The van der Waals surface area contributed by atoms with Crippen LogP contribution in [0.4, 0.5) is 0 Å². The number of rotatable bonds is 3. The Morgan fingerprint density at radius 3 is 2.42 bits per heavy atom. The summed E-state index contributed by atoms with van der Waals surface area (Å²) >= 11 is 0. The minimum absolute atomic E-state index is 0.245. The van der Waals surface area contributed by atoms with Crippen molar-refractivity contribution in [2.45, 2.75) is 52.5 Å². The zero-order valence-electron chi connectivity index (χ0n) is 12.4. The summed E-state index contributed by atoms with van der Waals surface area (Å²) in [5, 5.41) is 0. The van der Waals surface area contributed by atoms with Crippen LogP contribution in [0.5, 0.6) is 0 Å². The summed E-state index contributed by atoms with van der Waals surface area (Å²) in [5.74, 6) is 7.25. The van der Waals surface area contributed by atoms with Crippen LogP contribution in [0, 0.1) is 17.3 Å². The van der Waals surface area contributed by atoms with E-state index in [9.17, 15) is 0 Å². The molecule has 1 aliphatic carbocycles. The number of hydrazine groups is 1. The van der Waals surface area contributed by atoms with Crippen molar-refractivity contribution in [2.75, 3.05) is 0 Å². The first-order valence-corrected chi connectivity index (χ1v) is 7.38. The van der Waals surface area contributed by atoms with Crippen LogP contribution in [0.2, 0.25) is 0 Å². The van der Waals surface area contributed by atoms with Crippen molar-refractivity contribution in [3.8, 4) is 0 Å². The Morgan fingerprint density at radius 1 is 1.26 bits per heavy atom. The van der Waals surface area contributed by atoms with E-state index in [0.717, 1.165) is 5.92 Å². The van der Waals surface area contributed by atoms with Gasteiger partial charge in [0.2, 0.25) is 0 Å². The molecule has 19 heavy (non-hydrogen) atoms. The molecule has 1 fully saturated rings. The zero-order valence-corrected chi connectivity index (χ0v) is 12.4. The van der Waals surface area contributed by atoms with Gasteiger partial charge in [0, 0.05) is 12.4 Å². The second kappa shape index (κ2) is 6.02. The van der Waals surface area contributed by atoms with Crippen LogP contribution in [-0.4, -0.2) is 4.98 Å². The van der Waals surface area contributed by atoms with E-state index >= 15 is 0 Å². The van der Waals surface area contributed by atoms with Crippen molar-refractivity contribution in [3.05, 3.63) is 30.1 Å². The van der Waals surface area contributed by atoms with Gasteiger partial charge in [0.05, 0.1) is 6.04 Å². The maximum atomic E-state index is 5.78. The SMILES string of the molecule is CC(C)(C)C1CCC(C(NN)c2cccnc2)CC1. The highest BCUT2D eigenvalue weighted by Gasteiger charge is 2.33. The van der Waals surface area contributed by atoms with Gasteiger partial charge in [-0.3, -0.25) is 16.3 Å². The van der Waals surface area contributed by atoms with Crippen molar-refractivity contribution in [3.63, 3.8) is 0 Å². The standard InChI is InChI=1S/C16H27N3/c1-16(2,3)14-8-6-12(7-9-14)15(19-17)13-5-4-10-18-11-13/h4-5,10-12,14-15,19H,6-9,17H2,1-3H3. The largest absolute Gasteiger partial charge is 0.271 e. The summed E-state index contributed by atoms with van der Waals surface area (Å²) < 4.78 is 0. The lowest BCUT2D eigenvalue weighted by molar-refractivity contribution is 0.132. The first-order valence-electron chi connectivity index (χ1n) is 7.38. The Kier molecular flexibility index (Phi) is 4.58. The first-order chi connectivity index (χ1) is 9.02. The monoisotopic (exact) mass is 261 g/mol. The Labute approximate surface area is 117 Å². The molecular weight excluding hydrogens is 234 g/mol. The van der Waals surface area contributed by atoms with Gasteiger partial charge in [-0.25, -0.2) is 0 Å². The zero-order chi connectivity index (χ0) is 13.9. The van der Waals surface area contributed by atoms with E-state index in [1.807, 2.05) is 18.5 Å². The summed E-state index contributed by atoms with van der Waals surface area (Å²) in [7, 11) is 0. The van der Waals surface area contributed by atoms with E-state index in [0.29, 0.717) is 11.3 Å². The molecule has 1 atom stereocenters. The molecule has 0 radical (unpaired) electrons. The molecule has 106 valence electrons. The Bertz CT molecular complexity index is 375. The van der Waals surface area contributed by atoms with E-state index < -0.39 is 0 Å². The van der Waals surface area contributed by atoms with Crippen LogP contribution in [-0.2, 0) is 0 Å².